The summed E-state index contributed by atoms with van der Waals surface area (Å²) in [5, 5.41) is 10.2. The predicted molar refractivity (Wildman–Crippen MR) is 85.0 cm³/mol. The monoisotopic (exact) mass is 329 g/mol. The fraction of sp³-hybridized carbons (Fsp3) is 0.222. The van der Waals surface area contributed by atoms with Gasteiger partial charge in [0.1, 0.15) is 23.4 Å². The Hall–Kier alpha value is -2.89. The Kier molecular flexibility index (Phi) is 3.97. The summed E-state index contributed by atoms with van der Waals surface area (Å²) in [6, 6.07) is 7.76. The Morgan fingerprint density at radius 1 is 1.25 bits per heavy atom. The van der Waals surface area contributed by atoms with Crippen LogP contribution in [0, 0.1) is 12.7 Å². The minimum absolute atomic E-state index is 0.00109. The summed E-state index contributed by atoms with van der Waals surface area (Å²) in [7, 11) is 0. The molecule has 2 heterocycles. The number of anilines is 1. The number of ketones is 1. The molecule has 0 saturated heterocycles. The highest BCUT2D eigenvalue weighted by atomic mass is 19.1. The van der Waals surface area contributed by atoms with Crippen LogP contribution < -0.4 is 4.90 Å². The van der Waals surface area contributed by atoms with Gasteiger partial charge in [0, 0.05) is 12.1 Å². The van der Waals surface area contributed by atoms with Crippen LogP contribution in [0.2, 0.25) is 0 Å². The van der Waals surface area contributed by atoms with Crippen molar-refractivity contribution < 1.29 is 23.5 Å². The first-order valence-electron chi connectivity index (χ1n) is 7.55. The van der Waals surface area contributed by atoms with E-state index in [2.05, 4.69) is 0 Å². The zero-order valence-electron chi connectivity index (χ0n) is 13.2. The minimum Gasteiger partial charge on any atom is -0.503 e. The highest BCUT2D eigenvalue weighted by Crippen LogP contribution is 2.41. The summed E-state index contributed by atoms with van der Waals surface area (Å²) < 4.78 is 18.8. The molecule has 0 aliphatic carbocycles. The second-order valence-electron chi connectivity index (χ2n) is 5.54. The van der Waals surface area contributed by atoms with Gasteiger partial charge in [0.25, 0.3) is 5.91 Å². The number of hydrogen-bond acceptors (Lipinski definition) is 4. The number of carbonyl (C=O) groups excluding carboxylic acids is 2. The number of nitrogens with zero attached hydrogens (tertiary/aromatic N) is 1. The van der Waals surface area contributed by atoms with E-state index in [9.17, 15) is 19.1 Å². The van der Waals surface area contributed by atoms with Crippen LogP contribution in [0.15, 0.2) is 52.1 Å². The minimum atomic E-state index is -0.871. The van der Waals surface area contributed by atoms with Crippen LogP contribution >= 0.6 is 0 Å². The quantitative estimate of drug-likeness (QED) is 0.930. The van der Waals surface area contributed by atoms with Gasteiger partial charge in [-0.05, 0) is 43.3 Å². The number of furan rings is 1. The number of aliphatic hydroxyl groups excluding tert-OH is 1. The van der Waals surface area contributed by atoms with E-state index in [0.29, 0.717) is 17.2 Å². The van der Waals surface area contributed by atoms with Crippen LogP contribution in [0.25, 0.3) is 0 Å². The van der Waals surface area contributed by atoms with Crippen LogP contribution in [0.3, 0.4) is 0 Å². The molecule has 0 saturated carbocycles. The molecule has 1 aliphatic heterocycles. The molecule has 0 fully saturated rings. The topological polar surface area (TPSA) is 70.8 Å². The molecular weight excluding hydrogens is 313 g/mol. The van der Waals surface area contributed by atoms with Crippen molar-refractivity contribution in [2.75, 3.05) is 4.90 Å². The van der Waals surface area contributed by atoms with E-state index in [1.54, 1.807) is 26.0 Å². The van der Waals surface area contributed by atoms with Crippen LogP contribution in [-0.4, -0.2) is 16.8 Å². The third kappa shape index (κ3) is 2.50. The van der Waals surface area contributed by atoms with E-state index in [-0.39, 0.29) is 17.8 Å². The molecule has 3 rings (SSSR count). The molecule has 24 heavy (non-hydrogen) atoms. The summed E-state index contributed by atoms with van der Waals surface area (Å²) in [5.74, 6) is -1.11. The van der Waals surface area contributed by atoms with E-state index in [1.165, 1.54) is 29.2 Å². The first-order chi connectivity index (χ1) is 11.4. The molecule has 0 radical (unpaired) electrons. The first kappa shape index (κ1) is 16.0. The van der Waals surface area contributed by atoms with Crippen molar-refractivity contribution >= 4 is 17.4 Å². The number of Topliss-reactive ketones (excluding diaryl/α,β-unsaturated/α-hetero) is 1. The summed E-state index contributed by atoms with van der Waals surface area (Å²) in [5.41, 5.74) is 0.368. The zero-order valence-corrected chi connectivity index (χ0v) is 13.2. The van der Waals surface area contributed by atoms with Gasteiger partial charge in [-0.3, -0.25) is 14.5 Å². The number of halogens is 1. The van der Waals surface area contributed by atoms with E-state index < -0.39 is 23.5 Å². The summed E-state index contributed by atoms with van der Waals surface area (Å²) in [4.78, 5) is 26.1. The Bertz CT molecular complexity index is 835. The highest BCUT2D eigenvalue weighted by molar-refractivity contribution is 6.16. The second-order valence-corrected chi connectivity index (χ2v) is 5.54. The zero-order chi connectivity index (χ0) is 17.4. The second kappa shape index (κ2) is 5.96. The van der Waals surface area contributed by atoms with Gasteiger partial charge in [-0.1, -0.05) is 6.92 Å². The number of aryl methyl sites for hydroxylation is 1. The maximum Gasteiger partial charge on any atom is 0.294 e. The van der Waals surface area contributed by atoms with Crippen molar-refractivity contribution in [1.29, 1.82) is 0 Å². The normalized spacial score (nSPS) is 17.7. The lowest BCUT2D eigenvalue weighted by Crippen LogP contribution is -2.30. The Morgan fingerprint density at radius 3 is 2.46 bits per heavy atom. The molecule has 6 heteroatoms. The average molecular weight is 329 g/mol. The van der Waals surface area contributed by atoms with Gasteiger partial charge in [0.2, 0.25) is 0 Å². The predicted octanol–water partition coefficient (Wildman–Crippen LogP) is 3.61. The molecule has 1 aromatic carbocycles. The third-order valence-corrected chi connectivity index (χ3v) is 3.97. The first-order valence-corrected chi connectivity index (χ1v) is 7.55. The largest absolute Gasteiger partial charge is 0.503 e. The number of rotatable bonds is 4. The van der Waals surface area contributed by atoms with Crippen molar-refractivity contribution in [3.8, 4) is 0 Å². The number of aliphatic hydroxyl groups is 1. The van der Waals surface area contributed by atoms with Gasteiger partial charge < -0.3 is 9.52 Å². The molecule has 0 spiro atoms. The number of hydrogen-bond donors (Lipinski definition) is 1. The molecule has 1 atom stereocenters. The molecule has 5 nitrogen and oxygen atoms in total. The van der Waals surface area contributed by atoms with Crippen LogP contribution in [0.4, 0.5) is 10.1 Å². The van der Waals surface area contributed by atoms with Gasteiger partial charge in [-0.25, -0.2) is 4.39 Å². The smallest absolute Gasteiger partial charge is 0.294 e. The van der Waals surface area contributed by atoms with E-state index in [4.69, 9.17) is 4.42 Å². The lowest BCUT2D eigenvalue weighted by atomic mass is 9.99. The van der Waals surface area contributed by atoms with Crippen molar-refractivity contribution in [3.05, 3.63) is 65.1 Å². The summed E-state index contributed by atoms with van der Waals surface area (Å²) >= 11 is 0. The molecule has 0 bridgehead atoms. The van der Waals surface area contributed by atoms with E-state index >= 15 is 0 Å². The molecular formula is C18H16FNO4. The van der Waals surface area contributed by atoms with Gasteiger partial charge in [-0.2, -0.15) is 0 Å². The third-order valence-electron chi connectivity index (χ3n) is 3.97. The average Bonchev–Trinajstić information content (AvgIpc) is 3.10. The van der Waals surface area contributed by atoms with Crippen molar-refractivity contribution in [3.63, 3.8) is 0 Å². The Morgan fingerprint density at radius 2 is 1.92 bits per heavy atom. The molecule has 1 aliphatic rings. The van der Waals surface area contributed by atoms with Gasteiger partial charge >= 0.3 is 0 Å². The molecule has 1 N–H and O–H groups in total. The van der Waals surface area contributed by atoms with Gasteiger partial charge in [0.15, 0.2) is 11.5 Å². The Labute approximate surface area is 138 Å². The number of benzene rings is 1. The maximum absolute atomic E-state index is 13.2. The fourth-order valence-corrected chi connectivity index (χ4v) is 2.82. The van der Waals surface area contributed by atoms with Crippen molar-refractivity contribution in [2.45, 2.75) is 26.3 Å². The molecule has 1 amide bonds. The highest BCUT2D eigenvalue weighted by Gasteiger charge is 2.45. The summed E-state index contributed by atoms with van der Waals surface area (Å²) in [6.45, 7) is 3.39. The summed E-state index contributed by atoms with van der Waals surface area (Å²) in [6.07, 6.45) is 0.139. The van der Waals surface area contributed by atoms with Gasteiger partial charge in [-0.15, -0.1) is 0 Å². The van der Waals surface area contributed by atoms with Crippen LogP contribution in [0.5, 0.6) is 0 Å². The SMILES string of the molecule is CCC(=O)C1=C(O)C(=O)N(c2ccc(F)cc2)C1c1ccc(C)o1. The lowest BCUT2D eigenvalue weighted by Gasteiger charge is -2.24. The molecule has 1 unspecified atom stereocenters. The fourth-order valence-electron chi connectivity index (χ4n) is 2.82. The van der Waals surface area contributed by atoms with E-state index in [1.807, 2.05) is 0 Å². The Balaban J connectivity index is 2.15. The van der Waals surface area contributed by atoms with Crippen molar-refractivity contribution in [2.24, 2.45) is 0 Å². The van der Waals surface area contributed by atoms with Crippen LogP contribution in [0.1, 0.15) is 30.9 Å². The number of carbonyl (C=O) groups is 2. The maximum atomic E-state index is 13.2. The molecule has 1 aromatic heterocycles. The van der Waals surface area contributed by atoms with Crippen molar-refractivity contribution in [1.82, 2.24) is 0 Å². The van der Waals surface area contributed by atoms with E-state index in [0.717, 1.165) is 0 Å². The molecule has 124 valence electrons. The van der Waals surface area contributed by atoms with Crippen LogP contribution in [-0.2, 0) is 9.59 Å². The van der Waals surface area contributed by atoms with Gasteiger partial charge in [0.05, 0.1) is 5.57 Å². The molecule has 2 aromatic rings. The number of amides is 1. The lowest BCUT2D eigenvalue weighted by molar-refractivity contribution is -0.118. The standard InChI is InChI=1S/C18H16FNO4/c1-3-13(21)15-16(14-9-4-10(2)24-14)20(18(23)17(15)22)12-7-5-11(19)6-8-12/h4-9,16,22H,3H2,1-2H3.